The number of nitrogens with one attached hydrogen (secondary N) is 2. The van der Waals surface area contributed by atoms with Crippen LogP contribution in [0.15, 0.2) is 42.5 Å². The molecule has 3 N–H and O–H groups in total. The smallest absolute Gasteiger partial charge is 0.408 e. The van der Waals surface area contributed by atoms with Crippen molar-refractivity contribution in [2.75, 3.05) is 13.1 Å². The minimum absolute atomic E-state index is 0.106. The number of phenols is 1. The van der Waals surface area contributed by atoms with E-state index >= 15 is 0 Å². The lowest BCUT2D eigenvalue weighted by Gasteiger charge is -2.35. The molecule has 8 heteroatoms. The zero-order chi connectivity index (χ0) is 29.9. The van der Waals surface area contributed by atoms with Gasteiger partial charge in [-0.25, -0.2) is 4.79 Å². The average molecular weight is 554 g/mol. The van der Waals surface area contributed by atoms with E-state index in [2.05, 4.69) is 17.6 Å². The number of unbranched alkanes of at least 4 members (excludes halogenated alkanes) is 2. The van der Waals surface area contributed by atoms with Crippen molar-refractivity contribution in [3.8, 4) is 5.75 Å². The van der Waals surface area contributed by atoms with Crippen LogP contribution in [0.4, 0.5) is 4.79 Å². The highest BCUT2D eigenvalue weighted by molar-refractivity contribution is 5.92. The number of hydrogen-bond acceptors (Lipinski definition) is 5. The van der Waals surface area contributed by atoms with Gasteiger partial charge in [0.2, 0.25) is 11.8 Å². The molecule has 0 fully saturated rings. The highest BCUT2D eigenvalue weighted by atomic mass is 16.6. The Kier molecular flexibility index (Phi) is 12.5. The molecule has 2 aromatic rings. The number of hydrogen-bond donors (Lipinski definition) is 3. The second-order valence-corrected chi connectivity index (χ2v) is 11.4. The van der Waals surface area contributed by atoms with E-state index in [1.54, 1.807) is 37.8 Å². The van der Waals surface area contributed by atoms with Gasteiger partial charge >= 0.3 is 6.09 Å². The van der Waals surface area contributed by atoms with Crippen molar-refractivity contribution in [2.24, 2.45) is 0 Å². The molecule has 0 saturated carbocycles. The van der Waals surface area contributed by atoms with Crippen LogP contribution in [0.3, 0.4) is 0 Å². The Labute approximate surface area is 239 Å². The third-order valence-corrected chi connectivity index (χ3v) is 6.47. The second-order valence-electron chi connectivity index (χ2n) is 11.4. The summed E-state index contributed by atoms with van der Waals surface area (Å²) >= 11 is 0. The van der Waals surface area contributed by atoms with Crippen molar-refractivity contribution in [3.63, 3.8) is 0 Å². The van der Waals surface area contributed by atoms with Gasteiger partial charge in [0.25, 0.3) is 0 Å². The summed E-state index contributed by atoms with van der Waals surface area (Å²) < 4.78 is 5.48. The van der Waals surface area contributed by atoms with Gasteiger partial charge in [0, 0.05) is 19.5 Å². The lowest BCUT2D eigenvalue weighted by molar-refractivity contribution is -0.142. The van der Waals surface area contributed by atoms with Gasteiger partial charge in [-0.15, -0.1) is 0 Å². The first-order valence-electron chi connectivity index (χ1n) is 14.3. The van der Waals surface area contributed by atoms with Crippen molar-refractivity contribution in [1.29, 1.82) is 0 Å². The van der Waals surface area contributed by atoms with E-state index in [0.717, 1.165) is 41.5 Å². The summed E-state index contributed by atoms with van der Waals surface area (Å²) in [5.74, 6) is -0.519. The van der Waals surface area contributed by atoms with Crippen LogP contribution in [0.5, 0.6) is 5.75 Å². The summed E-state index contributed by atoms with van der Waals surface area (Å²) in [6, 6.07) is 10.5. The fraction of sp³-hybridized carbons (Fsp3) is 0.531. The molecule has 220 valence electrons. The Morgan fingerprint density at radius 3 is 2.23 bits per heavy atom. The predicted molar refractivity (Wildman–Crippen MR) is 158 cm³/mol. The topological polar surface area (TPSA) is 108 Å². The number of nitrogens with zero attached hydrogens (tertiary/aromatic N) is 1. The molecule has 0 aromatic heterocycles. The minimum atomic E-state index is -0.993. The molecule has 2 unspecified atom stereocenters. The fourth-order valence-electron chi connectivity index (χ4n) is 4.59. The second kappa shape index (κ2) is 15.3. The maximum atomic E-state index is 14.3. The van der Waals surface area contributed by atoms with Gasteiger partial charge in [-0.2, -0.15) is 0 Å². The summed E-state index contributed by atoms with van der Waals surface area (Å²) in [4.78, 5) is 42.5. The molecule has 0 spiro atoms. The van der Waals surface area contributed by atoms with Crippen molar-refractivity contribution >= 4 is 17.9 Å². The zero-order valence-corrected chi connectivity index (χ0v) is 25.2. The van der Waals surface area contributed by atoms with Crippen molar-refractivity contribution in [3.05, 3.63) is 64.7 Å². The normalized spacial score (nSPS) is 12.8. The van der Waals surface area contributed by atoms with Crippen LogP contribution in [0.2, 0.25) is 0 Å². The Hall–Kier alpha value is -3.55. The van der Waals surface area contributed by atoms with Crippen LogP contribution < -0.4 is 10.6 Å². The number of benzene rings is 2. The maximum Gasteiger partial charge on any atom is 0.408 e. The lowest BCUT2D eigenvalue weighted by Crippen LogP contribution is -2.54. The standard InChI is InChI=1S/C32H47N3O5/c1-8-10-11-18-33-29(37)28(26-17-12-22(3)20-23(26)4)35(19-9-2)30(38)27(34-31(39)40-32(5,6)7)21-24-13-15-25(36)16-14-24/h12-17,20,27-28,36H,8-11,18-19,21H2,1-7H3,(H,33,37)(H,34,39). The largest absolute Gasteiger partial charge is 0.508 e. The van der Waals surface area contributed by atoms with Gasteiger partial charge in [-0.3, -0.25) is 9.59 Å². The van der Waals surface area contributed by atoms with Gasteiger partial charge in [-0.05, 0) is 76.3 Å². The summed E-state index contributed by atoms with van der Waals surface area (Å²) in [5, 5.41) is 15.5. The van der Waals surface area contributed by atoms with E-state index < -0.39 is 23.8 Å². The first-order valence-corrected chi connectivity index (χ1v) is 14.3. The number of phenolic OH excluding ortho intramolecular Hbond substituents is 1. The highest BCUT2D eigenvalue weighted by Gasteiger charge is 2.36. The molecular weight excluding hydrogens is 506 g/mol. The van der Waals surface area contributed by atoms with Gasteiger partial charge in [-0.1, -0.05) is 62.6 Å². The Morgan fingerprint density at radius 2 is 1.65 bits per heavy atom. The molecule has 0 radical (unpaired) electrons. The van der Waals surface area contributed by atoms with Gasteiger partial charge in [0.15, 0.2) is 0 Å². The number of amides is 3. The molecule has 0 bridgehead atoms. The van der Waals surface area contributed by atoms with Gasteiger partial charge in [0.05, 0.1) is 0 Å². The molecule has 8 nitrogen and oxygen atoms in total. The number of aromatic hydroxyl groups is 1. The summed E-state index contributed by atoms with van der Waals surface area (Å²) in [5.41, 5.74) is 2.72. The zero-order valence-electron chi connectivity index (χ0n) is 25.2. The number of ether oxygens (including phenoxy) is 1. The molecule has 3 amide bonds. The first kappa shape index (κ1) is 32.7. The van der Waals surface area contributed by atoms with Crippen LogP contribution in [0, 0.1) is 13.8 Å². The SMILES string of the molecule is CCCCCNC(=O)C(c1ccc(C)cc1C)N(CCC)C(=O)C(Cc1ccc(O)cc1)NC(=O)OC(C)(C)C. The Bertz CT molecular complexity index is 1120. The number of alkyl carbamates (subject to hydrolysis) is 1. The van der Waals surface area contributed by atoms with E-state index in [9.17, 15) is 19.5 Å². The average Bonchev–Trinajstić information content (AvgIpc) is 2.87. The third kappa shape index (κ3) is 10.2. The van der Waals surface area contributed by atoms with Crippen LogP contribution in [0.1, 0.15) is 88.6 Å². The molecule has 0 aliphatic heterocycles. The Balaban J connectivity index is 2.52. The van der Waals surface area contributed by atoms with Crippen LogP contribution >= 0.6 is 0 Å². The van der Waals surface area contributed by atoms with E-state index in [-0.39, 0.29) is 24.0 Å². The van der Waals surface area contributed by atoms with Gasteiger partial charge < -0.3 is 25.4 Å². The molecule has 0 aliphatic rings. The summed E-state index contributed by atoms with van der Waals surface area (Å²) in [7, 11) is 0. The fourth-order valence-corrected chi connectivity index (χ4v) is 4.59. The van der Waals surface area contributed by atoms with Crippen molar-refractivity contribution in [1.82, 2.24) is 15.5 Å². The predicted octanol–water partition coefficient (Wildman–Crippen LogP) is 5.73. The highest BCUT2D eigenvalue weighted by Crippen LogP contribution is 2.27. The molecule has 0 heterocycles. The van der Waals surface area contributed by atoms with E-state index in [4.69, 9.17) is 4.74 Å². The Morgan fingerprint density at radius 1 is 0.975 bits per heavy atom. The number of rotatable bonds is 13. The maximum absolute atomic E-state index is 14.3. The summed E-state index contributed by atoms with van der Waals surface area (Å²) in [6.45, 7) is 14.1. The minimum Gasteiger partial charge on any atom is -0.508 e. The van der Waals surface area contributed by atoms with Crippen LogP contribution in [-0.4, -0.2) is 52.6 Å². The molecule has 0 aliphatic carbocycles. The van der Waals surface area contributed by atoms with Crippen LogP contribution in [0.25, 0.3) is 0 Å². The van der Waals surface area contributed by atoms with Crippen molar-refractivity contribution < 1.29 is 24.2 Å². The van der Waals surface area contributed by atoms with Crippen LogP contribution in [-0.2, 0) is 20.7 Å². The molecule has 2 rings (SSSR count). The molecule has 0 saturated heterocycles. The van der Waals surface area contributed by atoms with Gasteiger partial charge in [0.1, 0.15) is 23.4 Å². The third-order valence-electron chi connectivity index (χ3n) is 6.47. The number of carbonyl (C=O) groups is 3. The quantitative estimate of drug-likeness (QED) is 0.275. The monoisotopic (exact) mass is 553 g/mol. The molecule has 2 atom stereocenters. The summed E-state index contributed by atoms with van der Waals surface area (Å²) in [6.07, 6.45) is 2.96. The van der Waals surface area contributed by atoms with E-state index in [0.29, 0.717) is 19.5 Å². The molecular formula is C32H47N3O5. The first-order chi connectivity index (χ1) is 18.9. The molecule has 2 aromatic carbocycles. The lowest BCUT2D eigenvalue weighted by atomic mass is 9.95. The van der Waals surface area contributed by atoms with E-state index in [1.165, 1.54) is 12.1 Å². The number of carbonyl (C=O) groups excluding carboxylic acids is 3. The number of aryl methyl sites for hydroxylation is 2. The molecule has 40 heavy (non-hydrogen) atoms. The van der Waals surface area contributed by atoms with Crippen molar-refractivity contribution in [2.45, 2.75) is 98.3 Å². The van der Waals surface area contributed by atoms with E-state index in [1.807, 2.05) is 39.0 Å².